The largest absolute Gasteiger partial charge is 0.508 e. The number of phenolic OH excluding ortho intramolecular Hbond substituents is 1. The summed E-state index contributed by atoms with van der Waals surface area (Å²) in [6.45, 7) is 0. The highest BCUT2D eigenvalue weighted by molar-refractivity contribution is 9.09. The zero-order valence-corrected chi connectivity index (χ0v) is 32.2. The van der Waals surface area contributed by atoms with Gasteiger partial charge in [-0.3, -0.25) is 29.0 Å². The van der Waals surface area contributed by atoms with E-state index < -0.39 is 51.1 Å². The standard InChI is InChI=1S/C39H35BrCl2N2O9/c1-50-24-11-14-28(51-2)21(15-24)8-5-20-6-9-22(10-7-20)44-34(46)26-13-12-25-27(31(26)35(44)47)18-38(41)36(48)43(19-40)37(49)39(38,42)33(25)32-29(52-3)16-23(45)17-30(32)53-4/h5-12,14-17,26-27,31,33,45H,13,18-19H2,1-4H3/t26-,27+,31-,33+,38+,39-/m0/s1. The first-order valence-electron chi connectivity index (χ1n) is 16.7. The van der Waals surface area contributed by atoms with Crippen molar-refractivity contribution in [3.05, 3.63) is 82.9 Å². The Morgan fingerprint density at radius 1 is 0.830 bits per heavy atom. The van der Waals surface area contributed by atoms with E-state index in [1.807, 2.05) is 36.4 Å². The summed E-state index contributed by atoms with van der Waals surface area (Å²) in [5.41, 5.74) is 2.70. The van der Waals surface area contributed by atoms with Crippen molar-refractivity contribution in [3.63, 3.8) is 0 Å². The van der Waals surface area contributed by atoms with Gasteiger partial charge in [-0.1, -0.05) is 51.9 Å². The third-order valence-corrected chi connectivity index (χ3v) is 12.8. The summed E-state index contributed by atoms with van der Waals surface area (Å²) in [4.78, 5) is 54.9. The van der Waals surface area contributed by atoms with E-state index in [9.17, 15) is 24.3 Å². The molecule has 7 rings (SSSR count). The number of aromatic hydroxyl groups is 1. The molecule has 3 fully saturated rings. The number of imide groups is 2. The number of phenols is 1. The van der Waals surface area contributed by atoms with Gasteiger partial charge in [-0.05, 0) is 54.7 Å². The van der Waals surface area contributed by atoms with Crippen molar-refractivity contribution < 1.29 is 43.2 Å². The molecule has 0 bridgehead atoms. The zero-order chi connectivity index (χ0) is 38.0. The molecule has 3 aromatic carbocycles. The summed E-state index contributed by atoms with van der Waals surface area (Å²) in [6.07, 6.45) is 5.59. The zero-order valence-electron chi connectivity index (χ0n) is 29.1. The van der Waals surface area contributed by atoms with Crippen LogP contribution in [0.2, 0.25) is 0 Å². The van der Waals surface area contributed by atoms with Crippen molar-refractivity contribution in [2.45, 2.75) is 28.5 Å². The van der Waals surface area contributed by atoms with Crippen LogP contribution in [0.5, 0.6) is 28.7 Å². The maximum Gasteiger partial charge on any atom is 0.254 e. The van der Waals surface area contributed by atoms with Gasteiger partial charge in [-0.15, -0.1) is 23.2 Å². The number of carbonyl (C=O) groups excluding carboxylic acids is 4. The average molecular weight is 827 g/mol. The second-order valence-corrected chi connectivity index (χ2v) is 15.0. The highest BCUT2D eigenvalue weighted by Gasteiger charge is 2.76. The van der Waals surface area contributed by atoms with Crippen molar-refractivity contribution >= 4 is 80.6 Å². The third kappa shape index (κ3) is 5.43. The molecule has 276 valence electrons. The number of ether oxygens (including phenoxy) is 4. The van der Waals surface area contributed by atoms with E-state index in [1.165, 1.54) is 31.3 Å². The first-order valence-corrected chi connectivity index (χ1v) is 18.6. The van der Waals surface area contributed by atoms with E-state index in [-0.39, 0.29) is 47.0 Å². The van der Waals surface area contributed by atoms with Crippen molar-refractivity contribution in [1.82, 2.24) is 4.90 Å². The number of halogens is 3. The third-order valence-electron chi connectivity index (χ3n) is 10.9. The van der Waals surface area contributed by atoms with E-state index in [2.05, 4.69) is 15.9 Å². The SMILES string of the molecule is COc1ccc(OC)c(C=Cc2ccc(N3C(=O)[C@H]4[C@H](CC=C5[C@H]4C[C@@]4(Cl)C(=O)N(CBr)C(=O)[C@@]4(Cl)[C@H]5c4c(OC)cc(O)cc4OC)C3=O)cc2)c1. The van der Waals surface area contributed by atoms with Gasteiger partial charge in [0.2, 0.25) is 11.8 Å². The number of methoxy groups -OCH3 is 4. The van der Waals surface area contributed by atoms with Crippen molar-refractivity contribution in [2.75, 3.05) is 38.8 Å². The van der Waals surface area contributed by atoms with E-state index in [1.54, 1.807) is 38.5 Å². The first kappa shape index (κ1) is 36.8. The number of likely N-dealkylation sites (tertiary alicyclic amines) is 1. The molecule has 2 aliphatic carbocycles. The van der Waals surface area contributed by atoms with Crippen LogP contribution in [0.25, 0.3) is 12.2 Å². The van der Waals surface area contributed by atoms with Gasteiger partial charge in [0.05, 0.1) is 51.4 Å². The van der Waals surface area contributed by atoms with Crippen LogP contribution >= 0.6 is 39.1 Å². The molecule has 0 aromatic heterocycles. The molecule has 1 N–H and O–H groups in total. The number of allylic oxidation sites excluding steroid dienone is 2. The van der Waals surface area contributed by atoms with Crippen LogP contribution in [0.1, 0.15) is 35.4 Å². The number of amides is 4. The quantitative estimate of drug-likeness (QED) is 0.0844. The Morgan fingerprint density at radius 2 is 1.49 bits per heavy atom. The normalized spacial score (nSPS) is 27.8. The van der Waals surface area contributed by atoms with E-state index in [0.29, 0.717) is 22.8 Å². The minimum absolute atomic E-state index is 0.140. The van der Waals surface area contributed by atoms with Crippen LogP contribution in [-0.4, -0.2) is 77.3 Å². The number of rotatable bonds is 9. The van der Waals surface area contributed by atoms with Gasteiger partial charge in [0.15, 0.2) is 9.75 Å². The Labute approximate surface area is 324 Å². The lowest BCUT2D eigenvalue weighted by molar-refractivity contribution is -0.138. The smallest absolute Gasteiger partial charge is 0.254 e. The molecule has 14 heteroatoms. The number of carbonyl (C=O) groups is 4. The predicted molar refractivity (Wildman–Crippen MR) is 202 cm³/mol. The molecule has 2 heterocycles. The molecule has 2 aliphatic heterocycles. The fourth-order valence-electron chi connectivity index (χ4n) is 8.42. The summed E-state index contributed by atoms with van der Waals surface area (Å²) >= 11 is 18.0. The maximum absolute atomic E-state index is 14.5. The monoisotopic (exact) mass is 824 g/mol. The number of hydrogen-bond donors (Lipinski definition) is 1. The van der Waals surface area contributed by atoms with E-state index in [4.69, 9.17) is 42.1 Å². The molecule has 2 saturated heterocycles. The Kier molecular flexibility index (Phi) is 9.53. The minimum atomic E-state index is -2.07. The van der Waals surface area contributed by atoms with Crippen molar-refractivity contribution in [3.8, 4) is 28.7 Å². The topological polar surface area (TPSA) is 132 Å². The summed E-state index contributed by atoms with van der Waals surface area (Å²) in [5, 5.41) is 10.5. The lowest BCUT2D eigenvalue weighted by Gasteiger charge is -2.51. The molecule has 3 aromatic rings. The van der Waals surface area contributed by atoms with Crippen molar-refractivity contribution in [1.29, 1.82) is 0 Å². The summed E-state index contributed by atoms with van der Waals surface area (Å²) in [6, 6.07) is 15.2. The molecule has 6 atom stereocenters. The van der Waals surface area contributed by atoms with Gasteiger partial charge in [-0.2, -0.15) is 0 Å². The highest BCUT2D eigenvalue weighted by atomic mass is 79.9. The van der Waals surface area contributed by atoms with Crippen LogP contribution in [0.3, 0.4) is 0 Å². The second kappa shape index (κ2) is 13.7. The van der Waals surface area contributed by atoms with Crippen LogP contribution in [0.4, 0.5) is 5.69 Å². The van der Waals surface area contributed by atoms with Gasteiger partial charge < -0.3 is 24.1 Å². The van der Waals surface area contributed by atoms with Crippen LogP contribution in [0.15, 0.2) is 66.2 Å². The Hall–Kier alpha value is -4.52. The lowest BCUT2D eigenvalue weighted by Crippen LogP contribution is -2.60. The molecule has 53 heavy (non-hydrogen) atoms. The van der Waals surface area contributed by atoms with Crippen LogP contribution < -0.4 is 23.8 Å². The molecule has 0 unspecified atom stereocenters. The Morgan fingerprint density at radius 3 is 2.09 bits per heavy atom. The molecule has 4 amide bonds. The van der Waals surface area contributed by atoms with Gasteiger partial charge in [0.1, 0.15) is 28.7 Å². The van der Waals surface area contributed by atoms with E-state index >= 15 is 0 Å². The minimum Gasteiger partial charge on any atom is -0.508 e. The number of anilines is 1. The van der Waals surface area contributed by atoms with Gasteiger partial charge in [-0.25, -0.2) is 0 Å². The van der Waals surface area contributed by atoms with Gasteiger partial charge in [0, 0.05) is 29.2 Å². The predicted octanol–water partition coefficient (Wildman–Crippen LogP) is 6.51. The fourth-order valence-corrected chi connectivity index (χ4v) is 9.83. The Bertz CT molecular complexity index is 2080. The lowest BCUT2D eigenvalue weighted by atomic mass is 9.56. The van der Waals surface area contributed by atoms with Crippen LogP contribution in [-0.2, 0) is 19.2 Å². The number of fused-ring (bicyclic) bond motifs is 4. The van der Waals surface area contributed by atoms with Crippen LogP contribution in [0, 0.1) is 17.8 Å². The van der Waals surface area contributed by atoms with Gasteiger partial charge >= 0.3 is 0 Å². The molecule has 0 spiro atoms. The maximum atomic E-state index is 14.5. The number of alkyl halides is 3. The second-order valence-electron chi connectivity index (χ2n) is 13.3. The number of nitrogens with zero attached hydrogens (tertiary/aromatic N) is 2. The molecule has 11 nitrogen and oxygen atoms in total. The molecule has 4 aliphatic rings. The molecule has 0 radical (unpaired) electrons. The fraction of sp³-hybridized carbons (Fsp3) is 0.333. The Balaban J connectivity index is 1.27. The van der Waals surface area contributed by atoms with Gasteiger partial charge in [0.25, 0.3) is 11.8 Å². The van der Waals surface area contributed by atoms with Crippen molar-refractivity contribution in [2.24, 2.45) is 17.8 Å². The summed E-state index contributed by atoms with van der Waals surface area (Å²) in [7, 11) is 5.95. The highest BCUT2D eigenvalue weighted by Crippen LogP contribution is 2.67. The summed E-state index contributed by atoms with van der Waals surface area (Å²) < 4.78 is 22.2. The summed E-state index contributed by atoms with van der Waals surface area (Å²) in [5.74, 6) is -4.36. The average Bonchev–Trinajstić information content (AvgIpc) is 3.50. The number of benzene rings is 3. The number of hydrogen-bond acceptors (Lipinski definition) is 9. The molecular formula is C39H35BrCl2N2O9. The van der Waals surface area contributed by atoms with E-state index in [0.717, 1.165) is 16.0 Å². The first-order chi connectivity index (χ1) is 25.4. The molecular weight excluding hydrogens is 791 g/mol. The molecule has 1 saturated carbocycles.